The van der Waals surface area contributed by atoms with Crippen molar-refractivity contribution in [3.05, 3.63) is 59.5 Å². The molecule has 5 fully saturated rings. The molecule has 5 aliphatic rings. The molecule has 37 heavy (non-hydrogen) atoms. The Morgan fingerprint density at radius 2 is 1.73 bits per heavy atom. The lowest BCUT2D eigenvalue weighted by Gasteiger charge is -2.57. The number of aryl methyl sites for hydroxylation is 1. The predicted molar refractivity (Wildman–Crippen MR) is 142 cm³/mol. The molecule has 3 aromatic rings. The van der Waals surface area contributed by atoms with Gasteiger partial charge in [-0.3, -0.25) is 9.59 Å². The van der Waals surface area contributed by atoms with Crippen LogP contribution in [0.25, 0.3) is 11.1 Å². The SMILES string of the molecule is Cc1cccc(Cn2c(C(=O)N3CCN(C(=O)C45CC6CC(CC(C6)C4)C5)[C@@H](C)C3)cc3ccoc32)c1. The number of rotatable bonds is 4. The minimum Gasteiger partial charge on any atom is -0.448 e. The van der Waals surface area contributed by atoms with Gasteiger partial charge in [-0.25, -0.2) is 0 Å². The molecule has 1 atom stereocenters. The van der Waals surface area contributed by atoms with Crippen LogP contribution in [0.1, 0.15) is 67.1 Å². The van der Waals surface area contributed by atoms with Crippen molar-refractivity contribution < 1.29 is 14.0 Å². The Bertz CT molecular complexity index is 1330. The van der Waals surface area contributed by atoms with E-state index in [1.54, 1.807) is 6.26 Å². The molecule has 2 aromatic heterocycles. The second kappa shape index (κ2) is 8.50. The number of furan rings is 1. The smallest absolute Gasteiger partial charge is 0.270 e. The van der Waals surface area contributed by atoms with Gasteiger partial charge in [0.2, 0.25) is 11.6 Å². The van der Waals surface area contributed by atoms with Crippen LogP contribution in [-0.4, -0.2) is 51.9 Å². The van der Waals surface area contributed by atoms with Crippen molar-refractivity contribution in [2.45, 2.75) is 65.0 Å². The number of benzene rings is 1. The van der Waals surface area contributed by atoms with E-state index in [2.05, 4.69) is 43.0 Å². The van der Waals surface area contributed by atoms with Crippen molar-refractivity contribution in [1.29, 1.82) is 0 Å². The molecule has 0 spiro atoms. The van der Waals surface area contributed by atoms with Gasteiger partial charge in [0, 0.05) is 31.1 Å². The molecule has 6 heteroatoms. The van der Waals surface area contributed by atoms with Crippen molar-refractivity contribution in [3.63, 3.8) is 0 Å². The van der Waals surface area contributed by atoms with Crippen LogP contribution in [0, 0.1) is 30.1 Å². The third-order valence-corrected chi connectivity index (χ3v) is 9.81. The van der Waals surface area contributed by atoms with Gasteiger partial charge < -0.3 is 18.8 Å². The van der Waals surface area contributed by atoms with Crippen molar-refractivity contribution in [3.8, 4) is 0 Å². The first-order valence-electron chi connectivity index (χ1n) is 14.1. The van der Waals surface area contributed by atoms with Gasteiger partial charge in [0.1, 0.15) is 5.69 Å². The third kappa shape index (κ3) is 3.82. The minimum absolute atomic E-state index is 0.0211. The lowest BCUT2D eigenvalue weighted by molar-refractivity contribution is -0.161. The molecule has 0 radical (unpaired) electrons. The van der Waals surface area contributed by atoms with Crippen molar-refractivity contribution in [2.24, 2.45) is 23.2 Å². The summed E-state index contributed by atoms with van der Waals surface area (Å²) in [6.45, 7) is 6.57. The van der Waals surface area contributed by atoms with Crippen molar-refractivity contribution in [2.75, 3.05) is 19.6 Å². The van der Waals surface area contributed by atoms with Crippen LogP contribution in [-0.2, 0) is 11.3 Å². The molecule has 0 N–H and O–H groups in total. The number of hydrogen-bond acceptors (Lipinski definition) is 3. The van der Waals surface area contributed by atoms with E-state index in [1.165, 1.54) is 24.8 Å². The van der Waals surface area contributed by atoms with Crippen LogP contribution in [0.15, 0.2) is 47.1 Å². The van der Waals surface area contributed by atoms with Gasteiger partial charge in [0.25, 0.3) is 5.91 Å². The first-order chi connectivity index (χ1) is 17.9. The Morgan fingerprint density at radius 1 is 1.00 bits per heavy atom. The first kappa shape index (κ1) is 23.1. The summed E-state index contributed by atoms with van der Waals surface area (Å²) in [6.07, 6.45) is 8.99. The highest BCUT2D eigenvalue weighted by molar-refractivity contribution is 5.98. The summed E-state index contributed by atoms with van der Waals surface area (Å²) in [5, 5.41) is 0.944. The molecule has 1 saturated heterocycles. The zero-order valence-corrected chi connectivity index (χ0v) is 22.0. The molecule has 194 valence electrons. The summed E-state index contributed by atoms with van der Waals surface area (Å²) in [4.78, 5) is 31.9. The number of carbonyl (C=O) groups is 2. The maximum atomic E-state index is 14.0. The zero-order valence-electron chi connectivity index (χ0n) is 22.0. The molecule has 1 aromatic carbocycles. The average Bonchev–Trinajstić information content (AvgIpc) is 3.45. The molecule has 1 aliphatic heterocycles. The Morgan fingerprint density at radius 3 is 2.41 bits per heavy atom. The lowest BCUT2D eigenvalue weighted by atomic mass is 9.49. The highest BCUT2D eigenvalue weighted by Crippen LogP contribution is 2.60. The molecular weight excluding hydrogens is 462 g/mol. The standard InChI is InChI=1S/C31H37N3O3/c1-20-4-3-5-22(10-20)19-34-27(14-26-6-9-37-29(26)34)28(35)32-7-8-33(21(2)18-32)30(36)31-15-23-11-24(16-31)13-25(12-23)17-31/h3-6,9-10,14,21,23-25H,7-8,11-13,15-19H2,1-2H3/t21-,23?,24?,25?,31?/m0/s1. The molecule has 6 nitrogen and oxygen atoms in total. The Hall–Kier alpha value is -3.02. The number of aromatic nitrogens is 1. The molecule has 8 rings (SSSR count). The summed E-state index contributed by atoms with van der Waals surface area (Å²) >= 11 is 0. The van der Waals surface area contributed by atoms with Crippen LogP contribution in [0.2, 0.25) is 0 Å². The van der Waals surface area contributed by atoms with Gasteiger partial charge in [-0.2, -0.15) is 0 Å². The summed E-state index contributed by atoms with van der Waals surface area (Å²) in [5.74, 6) is 2.67. The van der Waals surface area contributed by atoms with Gasteiger partial charge in [-0.15, -0.1) is 0 Å². The molecule has 2 amide bonds. The van der Waals surface area contributed by atoms with Gasteiger partial charge in [0.15, 0.2) is 0 Å². The van der Waals surface area contributed by atoms with E-state index in [4.69, 9.17) is 4.42 Å². The quantitative estimate of drug-likeness (QED) is 0.478. The third-order valence-electron chi connectivity index (χ3n) is 9.81. The fraction of sp³-hybridized carbons (Fsp3) is 0.548. The van der Waals surface area contributed by atoms with E-state index in [0.717, 1.165) is 53.7 Å². The molecule has 0 unspecified atom stereocenters. The van der Waals surface area contributed by atoms with Gasteiger partial charge in [0.05, 0.1) is 18.2 Å². The Labute approximate surface area is 218 Å². The number of carbonyl (C=O) groups excluding carboxylic acids is 2. The summed E-state index contributed by atoms with van der Waals surface area (Å²) < 4.78 is 7.80. The van der Waals surface area contributed by atoms with E-state index < -0.39 is 0 Å². The normalized spacial score (nSPS) is 30.9. The number of hydrogen-bond donors (Lipinski definition) is 0. The van der Waals surface area contributed by atoms with Crippen LogP contribution >= 0.6 is 0 Å². The maximum absolute atomic E-state index is 14.0. The predicted octanol–water partition coefficient (Wildman–Crippen LogP) is 5.48. The average molecular weight is 500 g/mol. The number of amides is 2. The lowest BCUT2D eigenvalue weighted by Crippen LogP contribution is -2.61. The fourth-order valence-corrected chi connectivity index (χ4v) is 8.59. The molecule has 4 saturated carbocycles. The molecule has 3 heterocycles. The van der Waals surface area contributed by atoms with Crippen LogP contribution in [0.5, 0.6) is 0 Å². The van der Waals surface area contributed by atoms with E-state index in [9.17, 15) is 9.59 Å². The zero-order chi connectivity index (χ0) is 25.3. The van der Waals surface area contributed by atoms with E-state index >= 15 is 0 Å². The molecule has 4 aliphatic carbocycles. The number of nitrogens with zero attached hydrogens (tertiary/aromatic N) is 3. The number of fused-ring (bicyclic) bond motifs is 1. The topological polar surface area (TPSA) is 58.7 Å². The van der Waals surface area contributed by atoms with Crippen molar-refractivity contribution >= 4 is 22.9 Å². The maximum Gasteiger partial charge on any atom is 0.270 e. The highest BCUT2D eigenvalue weighted by atomic mass is 16.3. The highest BCUT2D eigenvalue weighted by Gasteiger charge is 2.56. The van der Waals surface area contributed by atoms with E-state index in [0.29, 0.717) is 37.8 Å². The van der Waals surface area contributed by atoms with E-state index in [1.807, 2.05) is 21.6 Å². The van der Waals surface area contributed by atoms with Gasteiger partial charge in [-0.1, -0.05) is 29.8 Å². The van der Waals surface area contributed by atoms with Crippen LogP contribution in [0.4, 0.5) is 0 Å². The van der Waals surface area contributed by atoms with Gasteiger partial charge in [-0.05, 0) is 87.8 Å². The fourth-order valence-electron chi connectivity index (χ4n) is 8.59. The largest absolute Gasteiger partial charge is 0.448 e. The Kier molecular flexibility index (Phi) is 5.31. The minimum atomic E-state index is -0.123. The summed E-state index contributed by atoms with van der Waals surface area (Å²) in [5.41, 5.74) is 3.60. The monoisotopic (exact) mass is 499 g/mol. The summed E-state index contributed by atoms with van der Waals surface area (Å²) in [6, 6.07) is 12.3. The summed E-state index contributed by atoms with van der Waals surface area (Å²) in [7, 11) is 0. The van der Waals surface area contributed by atoms with Crippen molar-refractivity contribution in [1.82, 2.24) is 14.4 Å². The van der Waals surface area contributed by atoms with Crippen LogP contribution in [0.3, 0.4) is 0 Å². The molecular formula is C31H37N3O3. The Balaban J connectivity index is 1.10. The number of piperazine rings is 1. The van der Waals surface area contributed by atoms with Gasteiger partial charge >= 0.3 is 0 Å². The molecule has 4 bridgehead atoms. The van der Waals surface area contributed by atoms with E-state index in [-0.39, 0.29) is 17.4 Å². The second-order valence-electron chi connectivity index (χ2n) is 12.6. The first-order valence-corrected chi connectivity index (χ1v) is 14.1. The van der Waals surface area contributed by atoms with Crippen LogP contribution < -0.4 is 0 Å². The second-order valence-corrected chi connectivity index (χ2v) is 12.6.